The summed E-state index contributed by atoms with van der Waals surface area (Å²) in [6, 6.07) is 9.98. The Morgan fingerprint density at radius 1 is 1.21 bits per heavy atom. The molecule has 2 aromatic rings. The summed E-state index contributed by atoms with van der Waals surface area (Å²) < 4.78 is 17.7. The van der Waals surface area contributed by atoms with Crippen LogP contribution in [0.3, 0.4) is 0 Å². The molecule has 1 aromatic carbocycles. The first-order valence-corrected chi connectivity index (χ1v) is 10.1. The molecule has 1 aromatic heterocycles. The molecule has 8 heteroatoms. The van der Waals surface area contributed by atoms with Crippen LogP contribution in [0.4, 0.5) is 0 Å². The summed E-state index contributed by atoms with van der Waals surface area (Å²) >= 11 is 0. The molecule has 1 N–H and O–H groups in total. The van der Waals surface area contributed by atoms with E-state index in [1.807, 2.05) is 30.3 Å². The molecule has 29 heavy (non-hydrogen) atoms. The third-order valence-electron chi connectivity index (χ3n) is 5.08. The Labute approximate surface area is 188 Å². The quantitative estimate of drug-likeness (QED) is 0.377. The monoisotopic (exact) mass is 512 g/mol. The van der Waals surface area contributed by atoms with Gasteiger partial charge in [-0.2, -0.15) is 0 Å². The number of hydrogen-bond donors (Lipinski definition) is 1. The lowest BCUT2D eigenvalue weighted by Crippen LogP contribution is -2.53. The van der Waals surface area contributed by atoms with Crippen molar-refractivity contribution in [3.8, 4) is 11.3 Å². The minimum atomic E-state index is 0. The van der Waals surface area contributed by atoms with Crippen LogP contribution >= 0.6 is 24.0 Å². The first kappa shape index (κ1) is 22.0. The SMILES string of the molecule is CCNC(=NCc1ncc(-c2ccccc2)o1)N1CCOC(C2CCCO2)C1.I. The summed E-state index contributed by atoms with van der Waals surface area (Å²) in [5, 5.41) is 3.38. The Bertz CT molecular complexity index is 777. The van der Waals surface area contributed by atoms with Crippen molar-refractivity contribution in [2.45, 2.75) is 38.5 Å². The Balaban J connectivity index is 0.00000240. The molecular weight excluding hydrogens is 483 g/mol. The van der Waals surface area contributed by atoms with Crippen LogP contribution < -0.4 is 5.32 Å². The summed E-state index contributed by atoms with van der Waals surface area (Å²) in [4.78, 5) is 11.4. The highest BCUT2D eigenvalue weighted by atomic mass is 127. The van der Waals surface area contributed by atoms with Crippen molar-refractivity contribution in [3.63, 3.8) is 0 Å². The maximum atomic E-state index is 5.96. The van der Waals surface area contributed by atoms with Crippen LogP contribution in [0.5, 0.6) is 0 Å². The third-order valence-corrected chi connectivity index (χ3v) is 5.08. The second-order valence-corrected chi connectivity index (χ2v) is 7.06. The van der Waals surface area contributed by atoms with Gasteiger partial charge in [-0.05, 0) is 19.8 Å². The van der Waals surface area contributed by atoms with E-state index in [4.69, 9.17) is 18.9 Å². The number of rotatable bonds is 5. The van der Waals surface area contributed by atoms with Gasteiger partial charge in [0.2, 0.25) is 5.89 Å². The molecule has 158 valence electrons. The maximum absolute atomic E-state index is 5.96. The third kappa shape index (κ3) is 5.70. The van der Waals surface area contributed by atoms with E-state index < -0.39 is 0 Å². The van der Waals surface area contributed by atoms with Gasteiger partial charge in [0.25, 0.3) is 0 Å². The highest BCUT2D eigenvalue weighted by Gasteiger charge is 2.32. The van der Waals surface area contributed by atoms with E-state index in [9.17, 15) is 0 Å². The number of oxazole rings is 1. The summed E-state index contributed by atoms with van der Waals surface area (Å²) in [6.45, 7) is 6.41. The van der Waals surface area contributed by atoms with Crippen LogP contribution in [-0.2, 0) is 16.0 Å². The van der Waals surface area contributed by atoms with E-state index in [2.05, 4.69) is 22.1 Å². The highest BCUT2D eigenvalue weighted by Crippen LogP contribution is 2.22. The number of morpholine rings is 1. The number of benzene rings is 1. The van der Waals surface area contributed by atoms with Crippen LogP contribution in [0.15, 0.2) is 45.9 Å². The molecule has 0 aliphatic carbocycles. The molecule has 4 rings (SSSR count). The predicted molar refractivity (Wildman–Crippen MR) is 122 cm³/mol. The number of halogens is 1. The Kier molecular flexibility index (Phi) is 8.31. The fourth-order valence-corrected chi connectivity index (χ4v) is 3.68. The van der Waals surface area contributed by atoms with Crippen LogP contribution in [-0.4, -0.2) is 60.9 Å². The van der Waals surface area contributed by atoms with Crippen molar-refractivity contribution in [1.82, 2.24) is 15.2 Å². The molecule has 2 saturated heterocycles. The second-order valence-electron chi connectivity index (χ2n) is 7.06. The van der Waals surface area contributed by atoms with Crippen LogP contribution in [0, 0.1) is 0 Å². The van der Waals surface area contributed by atoms with Crippen molar-refractivity contribution in [2.75, 3.05) is 32.8 Å². The fraction of sp³-hybridized carbons (Fsp3) is 0.524. The topological polar surface area (TPSA) is 72.1 Å². The molecule has 3 heterocycles. The number of guanidine groups is 1. The molecule has 2 aliphatic rings. The van der Waals surface area contributed by atoms with E-state index in [1.54, 1.807) is 6.20 Å². The van der Waals surface area contributed by atoms with E-state index in [-0.39, 0.29) is 36.2 Å². The molecule has 7 nitrogen and oxygen atoms in total. The standard InChI is InChI=1S/C21H28N4O3.HI/c1-2-22-21(25-10-12-27-19(15-25)17-9-6-11-26-17)24-14-20-23-13-18(28-20)16-7-4-3-5-8-16;/h3-5,7-8,13,17,19H,2,6,9-12,14-15H2,1H3,(H,22,24);1H. The van der Waals surface area contributed by atoms with Crippen LogP contribution in [0.25, 0.3) is 11.3 Å². The lowest BCUT2D eigenvalue weighted by Gasteiger charge is -2.37. The Hall–Kier alpha value is -1.65. The van der Waals surface area contributed by atoms with Gasteiger partial charge in [-0.3, -0.25) is 0 Å². The molecule has 2 unspecified atom stereocenters. The van der Waals surface area contributed by atoms with E-state index in [1.165, 1.54) is 0 Å². The summed E-state index contributed by atoms with van der Waals surface area (Å²) in [5.74, 6) is 2.24. The average Bonchev–Trinajstić information content (AvgIpc) is 3.44. The number of aromatic nitrogens is 1. The van der Waals surface area contributed by atoms with E-state index >= 15 is 0 Å². The number of nitrogens with zero attached hydrogens (tertiary/aromatic N) is 3. The summed E-state index contributed by atoms with van der Waals surface area (Å²) in [6.07, 6.45) is 4.25. The van der Waals surface area contributed by atoms with Crippen molar-refractivity contribution < 1.29 is 13.9 Å². The first-order chi connectivity index (χ1) is 13.8. The van der Waals surface area contributed by atoms with Gasteiger partial charge >= 0.3 is 0 Å². The van der Waals surface area contributed by atoms with Gasteiger partial charge in [0.05, 0.1) is 18.9 Å². The van der Waals surface area contributed by atoms with Crippen LogP contribution in [0.2, 0.25) is 0 Å². The molecule has 2 aliphatic heterocycles. The van der Waals surface area contributed by atoms with Gasteiger partial charge in [-0.25, -0.2) is 9.98 Å². The minimum Gasteiger partial charge on any atom is -0.439 e. The lowest BCUT2D eigenvalue weighted by atomic mass is 10.1. The van der Waals surface area contributed by atoms with Gasteiger partial charge < -0.3 is 24.1 Å². The van der Waals surface area contributed by atoms with E-state index in [0.29, 0.717) is 19.0 Å². The lowest BCUT2D eigenvalue weighted by molar-refractivity contribution is -0.0817. The van der Waals surface area contributed by atoms with Crippen molar-refractivity contribution in [3.05, 3.63) is 42.4 Å². The molecule has 2 fully saturated rings. The number of hydrogen-bond acceptors (Lipinski definition) is 5. The number of nitrogens with one attached hydrogen (secondary N) is 1. The number of ether oxygens (including phenoxy) is 2. The zero-order valence-electron chi connectivity index (χ0n) is 16.8. The molecule has 2 atom stereocenters. The minimum absolute atomic E-state index is 0. The van der Waals surface area contributed by atoms with Gasteiger partial charge in [-0.1, -0.05) is 30.3 Å². The number of aliphatic imine (C=N–C) groups is 1. The average molecular weight is 512 g/mol. The fourth-order valence-electron chi connectivity index (χ4n) is 3.68. The highest BCUT2D eigenvalue weighted by molar-refractivity contribution is 14.0. The predicted octanol–water partition coefficient (Wildman–Crippen LogP) is 3.30. The smallest absolute Gasteiger partial charge is 0.216 e. The largest absolute Gasteiger partial charge is 0.439 e. The Morgan fingerprint density at radius 3 is 2.79 bits per heavy atom. The zero-order chi connectivity index (χ0) is 19.2. The summed E-state index contributed by atoms with van der Waals surface area (Å²) in [7, 11) is 0. The molecule has 0 saturated carbocycles. The van der Waals surface area contributed by atoms with Gasteiger partial charge in [0.15, 0.2) is 11.7 Å². The van der Waals surface area contributed by atoms with Crippen molar-refractivity contribution >= 4 is 29.9 Å². The van der Waals surface area contributed by atoms with Crippen molar-refractivity contribution in [2.24, 2.45) is 4.99 Å². The maximum Gasteiger partial charge on any atom is 0.216 e. The van der Waals surface area contributed by atoms with Gasteiger partial charge in [0, 0.05) is 31.8 Å². The van der Waals surface area contributed by atoms with Crippen LogP contribution in [0.1, 0.15) is 25.7 Å². The molecule has 0 bridgehead atoms. The van der Waals surface area contributed by atoms with Crippen molar-refractivity contribution in [1.29, 1.82) is 0 Å². The van der Waals surface area contributed by atoms with E-state index in [0.717, 1.165) is 56.4 Å². The molecule has 0 spiro atoms. The first-order valence-electron chi connectivity index (χ1n) is 10.1. The van der Waals surface area contributed by atoms with Gasteiger partial charge in [0.1, 0.15) is 12.6 Å². The Morgan fingerprint density at radius 2 is 2.03 bits per heavy atom. The normalized spacial score (nSPS) is 22.4. The molecule has 0 radical (unpaired) electrons. The molecule has 0 amide bonds. The van der Waals surface area contributed by atoms with Gasteiger partial charge in [-0.15, -0.1) is 24.0 Å². The zero-order valence-corrected chi connectivity index (χ0v) is 19.1. The second kappa shape index (κ2) is 10.9. The summed E-state index contributed by atoms with van der Waals surface area (Å²) in [5.41, 5.74) is 1.02. The molecular formula is C21H29IN4O3.